The highest BCUT2D eigenvalue weighted by Gasteiger charge is 2.32. The van der Waals surface area contributed by atoms with E-state index in [1.807, 2.05) is 6.92 Å². The molecular weight excluding hydrogens is 313 g/mol. The molecule has 0 bridgehead atoms. The van der Waals surface area contributed by atoms with Crippen molar-refractivity contribution >= 4 is 11.6 Å². The van der Waals surface area contributed by atoms with Gasteiger partial charge in [-0.25, -0.2) is 0 Å². The summed E-state index contributed by atoms with van der Waals surface area (Å²) >= 11 is 5.92. The van der Waals surface area contributed by atoms with E-state index in [1.54, 1.807) is 6.07 Å². The highest BCUT2D eigenvalue weighted by molar-refractivity contribution is 6.30. The molecule has 1 aromatic rings. The minimum atomic E-state index is -4.39. The van der Waals surface area contributed by atoms with Crippen molar-refractivity contribution in [3.8, 4) is 0 Å². The van der Waals surface area contributed by atoms with Gasteiger partial charge in [0.2, 0.25) is 0 Å². The van der Waals surface area contributed by atoms with Crippen molar-refractivity contribution in [2.24, 2.45) is 0 Å². The molecule has 0 saturated carbocycles. The highest BCUT2D eigenvalue weighted by atomic mass is 35.5. The van der Waals surface area contributed by atoms with Gasteiger partial charge in [0.15, 0.2) is 0 Å². The lowest BCUT2D eigenvalue weighted by molar-refractivity contribution is -0.137. The molecule has 0 spiro atoms. The fourth-order valence-corrected chi connectivity index (χ4v) is 2.99. The average Bonchev–Trinajstić information content (AvgIpc) is 2.44. The van der Waals surface area contributed by atoms with E-state index >= 15 is 0 Å². The van der Waals surface area contributed by atoms with Crippen molar-refractivity contribution in [3.63, 3.8) is 0 Å². The predicted octanol–water partition coefficient (Wildman–Crippen LogP) is 4.27. The number of rotatable bonds is 4. The van der Waals surface area contributed by atoms with Crippen LogP contribution < -0.4 is 5.32 Å². The summed E-state index contributed by atoms with van der Waals surface area (Å²) in [5, 5.41) is 3.37. The van der Waals surface area contributed by atoms with Crippen molar-refractivity contribution in [1.82, 2.24) is 10.2 Å². The first kappa shape index (κ1) is 17.3. The largest absolute Gasteiger partial charge is 0.416 e. The second-order valence-corrected chi connectivity index (χ2v) is 6.17. The van der Waals surface area contributed by atoms with Crippen LogP contribution in [0.1, 0.15) is 30.5 Å². The van der Waals surface area contributed by atoms with Crippen LogP contribution in [0.5, 0.6) is 0 Å². The second-order valence-electron chi connectivity index (χ2n) is 5.73. The molecule has 1 heterocycles. The molecule has 0 aromatic heterocycles. The number of nitrogens with zero attached hydrogens (tertiary/aromatic N) is 1. The maximum atomic E-state index is 13.0. The molecule has 1 aliphatic rings. The normalized spacial score (nSPS) is 18.2. The van der Waals surface area contributed by atoms with E-state index in [0.29, 0.717) is 12.0 Å². The Bertz CT molecular complexity index is 537. The van der Waals surface area contributed by atoms with Gasteiger partial charge in [-0.3, -0.25) is 4.90 Å². The molecule has 6 heteroatoms. The first-order chi connectivity index (χ1) is 10.3. The summed E-state index contributed by atoms with van der Waals surface area (Å²) in [7, 11) is 0. The number of benzene rings is 1. The van der Waals surface area contributed by atoms with Crippen LogP contribution in [0.15, 0.2) is 30.4 Å². The summed E-state index contributed by atoms with van der Waals surface area (Å²) in [5.41, 5.74) is 0.846. The van der Waals surface area contributed by atoms with E-state index in [2.05, 4.69) is 16.8 Å². The van der Waals surface area contributed by atoms with Gasteiger partial charge in [0.25, 0.3) is 0 Å². The van der Waals surface area contributed by atoms with Gasteiger partial charge < -0.3 is 5.32 Å². The van der Waals surface area contributed by atoms with Crippen LogP contribution in [0.3, 0.4) is 0 Å². The lowest BCUT2D eigenvalue weighted by atomic mass is 9.96. The molecule has 0 unspecified atom stereocenters. The fourth-order valence-electron chi connectivity index (χ4n) is 2.75. The summed E-state index contributed by atoms with van der Waals surface area (Å²) in [6.07, 6.45) is -3.77. The molecule has 1 atom stereocenters. The zero-order chi connectivity index (χ0) is 16.3. The molecule has 2 nitrogen and oxygen atoms in total. The third-order valence-corrected chi connectivity index (χ3v) is 3.98. The van der Waals surface area contributed by atoms with Crippen molar-refractivity contribution in [2.75, 3.05) is 26.2 Å². The molecule has 0 aliphatic carbocycles. The smallest absolute Gasteiger partial charge is 0.314 e. The molecule has 0 radical (unpaired) electrons. The summed E-state index contributed by atoms with van der Waals surface area (Å²) in [4.78, 5) is 2.19. The van der Waals surface area contributed by atoms with Crippen molar-refractivity contribution in [1.29, 1.82) is 0 Å². The number of hydrogen-bond acceptors (Lipinski definition) is 2. The van der Waals surface area contributed by atoms with Crippen LogP contribution in [0.2, 0.25) is 5.02 Å². The van der Waals surface area contributed by atoms with E-state index < -0.39 is 11.7 Å². The van der Waals surface area contributed by atoms with E-state index in [9.17, 15) is 13.2 Å². The molecule has 22 heavy (non-hydrogen) atoms. The van der Waals surface area contributed by atoms with Crippen molar-refractivity contribution in [2.45, 2.75) is 25.6 Å². The zero-order valence-corrected chi connectivity index (χ0v) is 13.3. The minimum Gasteiger partial charge on any atom is -0.314 e. The lowest BCUT2D eigenvalue weighted by Crippen LogP contribution is -2.45. The number of piperazine rings is 1. The van der Waals surface area contributed by atoms with Crippen molar-refractivity contribution < 1.29 is 13.2 Å². The van der Waals surface area contributed by atoms with Gasteiger partial charge in [0.1, 0.15) is 0 Å². The van der Waals surface area contributed by atoms with Crippen LogP contribution >= 0.6 is 11.6 Å². The van der Waals surface area contributed by atoms with Crippen LogP contribution in [0.25, 0.3) is 0 Å². The molecule has 2 rings (SSSR count). The third kappa shape index (κ3) is 4.48. The molecule has 122 valence electrons. The SMILES string of the molecule is C=C(C)C[C@@H](c1cc(Cl)cc(C(F)(F)F)c1)N1CCNCC1. The van der Waals surface area contributed by atoms with Crippen LogP contribution in [-0.4, -0.2) is 31.1 Å². The summed E-state index contributed by atoms with van der Waals surface area (Å²) in [5.74, 6) is 0. The Kier molecular flexibility index (Phi) is 5.53. The van der Waals surface area contributed by atoms with Gasteiger partial charge in [0, 0.05) is 37.2 Å². The first-order valence-corrected chi connectivity index (χ1v) is 7.62. The Morgan fingerprint density at radius 1 is 1.32 bits per heavy atom. The van der Waals surface area contributed by atoms with Crippen molar-refractivity contribution in [3.05, 3.63) is 46.5 Å². The maximum absolute atomic E-state index is 13.0. The molecule has 1 saturated heterocycles. The van der Waals surface area contributed by atoms with Crippen LogP contribution in [0, 0.1) is 0 Å². The molecule has 1 fully saturated rings. The number of alkyl halides is 3. The summed E-state index contributed by atoms with van der Waals surface area (Å²) in [6.45, 7) is 9.06. The Balaban J connectivity index is 2.37. The monoisotopic (exact) mass is 332 g/mol. The Morgan fingerprint density at radius 2 is 1.95 bits per heavy atom. The maximum Gasteiger partial charge on any atom is 0.416 e. The Morgan fingerprint density at radius 3 is 2.50 bits per heavy atom. The zero-order valence-electron chi connectivity index (χ0n) is 12.5. The van der Waals surface area contributed by atoms with E-state index in [1.165, 1.54) is 6.07 Å². The summed E-state index contributed by atoms with van der Waals surface area (Å²) < 4.78 is 39.0. The van der Waals surface area contributed by atoms with Gasteiger partial charge in [-0.2, -0.15) is 13.2 Å². The molecule has 1 N–H and O–H groups in total. The quantitative estimate of drug-likeness (QED) is 0.828. The molecular formula is C16H20ClF3N2. The Labute approximate surface area is 133 Å². The van der Waals surface area contributed by atoms with Gasteiger partial charge in [-0.15, -0.1) is 6.58 Å². The number of halogens is 4. The minimum absolute atomic E-state index is 0.117. The second kappa shape index (κ2) is 7.02. The van der Waals surface area contributed by atoms with E-state index in [4.69, 9.17) is 11.6 Å². The predicted molar refractivity (Wildman–Crippen MR) is 83.1 cm³/mol. The lowest BCUT2D eigenvalue weighted by Gasteiger charge is -2.35. The van der Waals surface area contributed by atoms with Crippen LogP contribution in [-0.2, 0) is 6.18 Å². The third-order valence-electron chi connectivity index (χ3n) is 3.77. The fraction of sp³-hybridized carbons (Fsp3) is 0.500. The van der Waals surface area contributed by atoms with Gasteiger partial charge in [-0.05, 0) is 37.1 Å². The van der Waals surface area contributed by atoms with E-state index in [-0.39, 0.29) is 11.1 Å². The topological polar surface area (TPSA) is 15.3 Å². The molecule has 1 aromatic carbocycles. The summed E-state index contributed by atoms with van der Waals surface area (Å²) in [6, 6.07) is 3.69. The first-order valence-electron chi connectivity index (χ1n) is 7.24. The highest BCUT2D eigenvalue weighted by Crippen LogP contribution is 2.36. The number of nitrogens with one attached hydrogen (secondary N) is 1. The van der Waals surface area contributed by atoms with Gasteiger partial charge >= 0.3 is 6.18 Å². The van der Waals surface area contributed by atoms with Crippen LogP contribution in [0.4, 0.5) is 13.2 Å². The standard InChI is InChI=1S/C16H20ClF3N2/c1-11(2)7-15(22-5-3-21-4-6-22)12-8-13(16(18,19)20)10-14(17)9-12/h8-10,15,21H,1,3-7H2,2H3/t15-/m0/s1. The average molecular weight is 333 g/mol. The Hall–Kier alpha value is -1.04. The van der Waals surface area contributed by atoms with Gasteiger partial charge in [-0.1, -0.05) is 17.2 Å². The molecule has 1 aliphatic heterocycles. The van der Waals surface area contributed by atoms with E-state index in [0.717, 1.165) is 37.8 Å². The van der Waals surface area contributed by atoms with Gasteiger partial charge in [0.05, 0.1) is 5.56 Å². The number of hydrogen-bond donors (Lipinski definition) is 1. The molecule has 0 amide bonds.